The van der Waals surface area contributed by atoms with Crippen molar-refractivity contribution in [3.63, 3.8) is 0 Å². The van der Waals surface area contributed by atoms with Gasteiger partial charge in [0.1, 0.15) is 34.2 Å². The Balaban J connectivity index is 1.27. The van der Waals surface area contributed by atoms with Gasteiger partial charge in [0.15, 0.2) is 0 Å². The second-order valence-electron chi connectivity index (χ2n) is 11.5. The number of benzene rings is 6. The summed E-state index contributed by atoms with van der Waals surface area (Å²) in [6, 6.07) is 43.5. The third kappa shape index (κ3) is 6.92. The van der Waals surface area contributed by atoms with E-state index in [4.69, 9.17) is 26.5 Å². The van der Waals surface area contributed by atoms with E-state index >= 15 is 0 Å². The number of rotatable bonds is 9. The minimum atomic E-state index is -1.92. The molecule has 0 radical (unpaired) electrons. The fourth-order valence-electron chi connectivity index (χ4n) is 5.47. The molecule has 7 rings (SSSR count). The van der Waals surface area contributed by atoms with Crippen molar-refractivity contribution in [1.82, 2.24) is 0 Å². The first-order valence-electron chi connectivity index (χ1n) is 15.6. The van der Waals surface area contributed by atoms with Crippen LogP contribution < -0.4 is 18.1 Å². The van der Waals surface area contributed by atoms with Crippen LogP contribution in [0.3, 0.4) is 0 Å². The smallest absolute Gasteiger partial charge is 0.408 e. The molecule has 0 N–H and O–H groups in total. The molecule has 6 nitrogen and oxygen atoms in total. The van der Waals surface area contributed by atoms with E-state index < -0.39 is 16.8 Å². The van der Waals surface area contributed by atoms with Gasteiger partial charge in [0.25, 0.3) is 0 Å². The first-order valence-corrected chi connectivity index (χ1v) is 17.8. The van der Waals surface area contributed by atoms with E-state index in [1.165, 1.54) is 0 Å². The summed E-state index contributed by atoms with van der Waals surface area (Å²) in [5.41, 5.74) is 7.31. The largest absolute Gasteiger partial charge is 0.530 e. The number of para-hydroxylation sites is 4. The van der Waals surface area contributed by atoms with E-state index in [-0.39, 0.29) is 0 Å². The summed E-state index contributed by atoms with van der Waals surface area (Å²) in [4.78, 5) is 0. The molecule has 0 unspecified atom stereocenters. The topological polar surface area (TPSA) is 63.2 Å². The normalized spacial score (nSPS) is 11.1. The van der Waals surface area contributed by atoms with Crippen molar-refractivity contribution in [2.75, 3.05) is 0 Å². The average Bonchev–Trinajstić information content (AvgIpc) is 3.24. The van der Waals surface area contributed by atoms with Gasteiger partial charge in [-0.05, 0) is 75.2 Å². The Morgan fingerprint density at radius 2 is 0.896 bits per heavy atom. The Morgan fingerprint density at radius 3 is 1.44 bits per heavy atom. The van der Waals surface area contributed by atoms with Crippen molar-refractivity contribution in [3.05, 3.63) is 156 Å². The molecule has 0 amide bonds. The molecule has 48 heavy (non-hydrogen) atoms. The average molecular weight is 673 g/mol. The molecule has 6 aromatic carbocycles. The monoisotopic (exact) mass is 672 g/mol. The molecule has 0 fully saturated rings. The Morgan fingerprint density at radius 1 is 0.458 bits per heavy atom. The lowest BCUT2D eigenvalue weighted by Crippen LogP contribution is -2.05. The summed E-state index contributed by atoms with van der Waals surface area (Å²) in [6.07, 6.45) is 0. The van der Waals surface area contributed by atoms with E-state index in [0.717, 1.165) is 44.2 Å². The zero-order valence-electron chi connectivity index (χ0n) is 27.0. The maximum Gasteiger partial charge on any atom is 0.530 e. The Hall–Kier alpha value is -5.15. The van der Waals surface area contributed by atoms with Gasteiger partial charge in [0, 0.05) is 21.9 Å². The van der Waals surface area contributed by atoms with Crippen LogP contribution in [0.4, 0.5) is 0 Å². The van der Waals surface area contributed by atoms with Gasteiger partial charge in [-0.3, -0.25) is 0 Å². The number of hydrogen-bond donors (Lipinski definition) is 0. The van der Waals surface area contributed by atoms with Crippen LogP contribution in [-0.4, -0.2) is 0 Å². The molecule has 0 aliphatic carbocycles. The van der Waals surface area contributed by atoms with Crippen molar-refractivity contribution in [2.24, 2.45) is 0 Å². The van der Waals surface area contributed by atoms with Crippen molar-refractivity contribution in [1.29, 1.82) is 0 Å². The highest BCUT2D eigenvalue weighted by molar-refractivity contribution is 7.43. The second-order valence-corrected chi connectivity index (χ2v) is 13.5. The molecule has 240 valence electrons. The molecule has 0 aliphatic heterocycles. The summed E-state index contributed by atoms with van der Waals surface area (Å²) < 4.78 is 38.8. The molecule has 0 spiro atoms. The summed E-state index contributed by atoms with van der Waals surface area (Å²) in [6.45, 7) is 8.15. The van der Waals surface area contributed by atoms with Crippen LogP contribution in [0.2, 0.25) is 0 Å². The van der Waals surface area contributed by atoms with E-state index in [9.17, 15) is 0 Å². The molecule has 7 aromatic rings. The van der Waals surface area contributed by atoms with E-state index in [1.807, 2.05) is 135 Å². The lowest BCUT2D eigenvalue weighted by Gasteiger charge is -2.21. The number of aryl methyl sites for hydroxylation is 4. The molecule has 0 saturated heterocycles. The molecular formula is C40H34O6P2. The SMILES string of the molecule is Cc1ccc(OP(Oc2ccc(C)cc2C)Oc2ccccc2-c2ccccc2Op2oc3ccccc3c3ccccc3o2)c(C)c1. The van der Waals surface area contributed by atoms with Crippen LogP contribution in [0.1, 0.15) is 22.3 Å². The fourth-order valence-corrected chi connectivity index (χ4v) is 7.71. The van der Waals surface area contributed by atoms with Crippen LogP contribution >= 0.6 is 16.8 Å². The molecular weight excluding hydrogens is 638 g/mol. The minimum absolute atomic E-state index is 0.584. The predicted octanol–water partition coefficient (Wildman–Crippen LogP) is 12.8. The van der Waals surface area contributed by atoms with Gasteiger partial charge in [-0.25, -0.2) is 0 Å². The van der Waals surface area contributed by atoms with Crippen molar-refractivity contribution in [3.8, 4) is 34.1 Å². The number of fused-ring (bicyclic) bond motifs is 3. The van der Waals surface area contributed by atoms with Gasteiger partial charge < -0.3 is 26.5 Å². The predicted molar refractivity (Wildman–Crippen MR) is 195 cm³/mol. The van der Waals surface area contributed by atoms with Crippen LogP contribution in [0, 0.1) is 27.7 Å². The Bertz CT molecular complexity index is 2170. The van der Waals surface area contributed by atoms with Gasteiger partial charge in [0.2, 0.25) is 0 Å². The molecule has 0 atom stereocenters. The maximum atomic E-state index is 6.64. The lowest BCUT2D eigenvalue weighted by atomic mass is 10.0. The van der Waals surface area contributed by atoms with E-state index in [2.05, 4.69) is 26.0 Å². The summed E-state index contributed by atoms with van der Waals surface area (Å²) in [5.74, 6) is 2.57. The summed E-state index contributed by atoms with van der Waals surface area (Å²) in [7, 11) is -3.77. The highest BCUT2D eigenvalue weighted by Crippen LogP contribution is 2.48. The molecule has 0 bridgehead atoms. The first-order chi connectivity index (χ1) is 23.4. The van der Waals surface area contributed by atoms with Crippen molar-refractivity contribution >= 4 is 38.8 Å². The third-order valence-electron chi connectivity index (χ3n) is 7.83. The van der Waals surface area contributed by atoms with Crippen LogP contribution in [0.25, 0.3) is 33.1 Å². The quantitative estimate of drug-likeness (QED) is 0.142. The van der Waals surface area contributed by atoms with Gasteiger partial charge in [-0.15, -0.1) is 0 Å². The van der Waals surface area contributed by atoms with Crippen molar-refractivity contribution in [2.45, 2.75) is 27.7 Å². The summed E-state index contributed by atoms with van der Waals surface area (Å²) >= 11 is 0. The van der Waals surface area contributed by atoms with Crippen LogP contribution in [0.15, 0.2) is 142 Å². The summed E-state index contributed by atoms with van der Waals surface area (Å²) in [5, 5.41) is 1.91. The standard InChI is InChI=1S/C40H34O6P2/c1-27-21-23-35(29(3)25-27)41-47(42-36-24-22-28(2)26-30(36)4)43-37-17-9-5-13-31(37)32-14-6-10-18-38(32)44-48-45-39-19-11-7-15-33(39)34-16-8-12-20-40(34)46-48/h5-26H,1-4H3. The second kappa shape index (κ2) is 13.9. The minimum Gasteiger partial charge on any atom is -0.408 e. The first kappa shape index (κ1) is 31.4. The Kier molecular flexibility index (Phi) is 9.12. The molecule has 1 heterocycles. The highest BCUT2D eigenvalue weighted by Gasteiger charge is 2.24. The lowest BCUT2D eigenvalue weighted by molar-refractivity contribution is 0.386. The molecule has 0 aliphatic rings. The van der Waals surface area contributed by atoms with Crippen molar-refractivity contribution < 1.29 is 26.5 Å². The van der Waals surface area contributed by atoms with Gasteiger partial charge >= 0.3 is 16.8 Å². The van der Waals surface area contributed by atoms with Gasteiger partial charge in [-0.1, -0.05) is 108 Å². The fraction of sp³-hybridized carbons (Fsp3) is 0.100. The zero-order valence-corrected chi connectivity index (χ0v) is 28.8. The zero-order chi connectivity index (χ0) is 33.0. The number of hydrogen-bond acceptors (Lipinski definition) is 6. The van der Waals surface area contributed by atoms with Crippen LogP contribution in [-0.2, 0) is 0 Å². The van der Waals surface area contributed by atoms with Gasteiger partial charge in [0.05, 0.1) is 0 Å². The highest BCUT2D eigenvalue weighted by atomic mass is 31.2. The van der Waals surface area contributed by atoms with Crippen LogP contribution in [0.5, 0.6) is 23.0 Å². The van der Waals surface area contributed by atoms with E-state index in [0.29, 0.717) is 34.2 Å². The molecule has 1 aromatic heterocycles. The van der Waals surface area contributed by atoms with E-state index in [1.54, 1.807) is 0 Å². The molecule has 0 saturated carbocycles. The maximum absolute atomic E-state index is 6.64. The third-order valence-corrected chi connectivity index (χ3v) is 9.90. The molecule has 8 heteroatoms. The Labute approximate surface area is 282 Å². The van der Waals surface area contributed by atoms with Gasteiger partial charge in [-0.2, -0.15) is 0 Å².